The summed E-state index contributed by atoms with van der Waals surface area (Å²) in [6.07, 6.45) is 2.61. The van der Waals surface area contributed by atoms with Crippen molar-refractivity contribution in [1.29, 1.82) is 5.26 Å². The molecule has 0 aliphatic heterocycles. The molecular weight excluding hydrogens is 288 g/mol. The van der Waals surface area contributed by atoms with Crippen LogP contribution in [-0.2, 0) is 4.79 Å². The van der Waals surface area contributed by atoms with Crippen LogP contribution in [0.2, 0.25) is 5.02 Å². The summed E-state index contributed by atoms with van der Waals surface area (Å²) in [7, 11) is 0. The number of hydrogen-bond acceptors (Lipinski definition) is 4. The lowest BCUT2D eigenvalue weighted by Crippen LogP contribution is -2.43. The van der Waals surface area contributed by atoms with E-state index < -0.39 is 0 Å². The molecule has 0 bridgehead atoms. The normalized spacial score (nSPS) is 15.5. The third-order valence-corrected chi connectivity index (χ3v) is 3.88. The Morgan fingerprint density at radius 1 is 1.62 bits per heavy atom. The van der Waals surface area contributed by atoms with Crippen molar-refractivity contribution >= 4 is 28.9 Å². The van der Waals surface area contributed by atoms with Crippen LogP contribution in [-0.4, -0.2) is 29.4 Å². The fraction of sp³-hybridized carbons (Fsp3) is 0.467. The highest BCUT2D eigenvalue weighted by atomic mass is 35.5. The van der Waals surface area contributed by atoms with Gasteiger partial charge in [0.2, 0.25) is 5.91 Å². The molecule has 0 spiro atoms. The number of nitrogens with two attached hydrogens (primary N) is 1. The minimum Gasteiger partial charge on any atom is -0.397 e. The summed E-state index contributed by atoms with van der Waals surface area (Å²) in [6, 6.07) is 7.25. The van der Waals surface area contributed by atoms with Crippen molar-refractivity contribution < 1.29 is 4.79 Å². The molecule has 1 fully saturated rings. The first-order valence-electron chi connectivity index (χ1n) is 7.01. The Balaban J connectivity index is 2.02. The lowest BCUT2D eigenvalue weighted by atomic mass is 10.2. The maximum atomic E-state index is 12.4. The molecule has 1 aliphatic carbocycles. The van der Waals surface area contributed by atoms with E-state index in [1.807, 2.05) is 6.92 Å². The first kappa shape index (κ1) is 15.6. The van der Waals surface area contributed by atoms with Crippen molar-refractivity contribution in [1.82, 2.24) is 4.90 Å². The third-order valence-electron chi connectivity index (χ3n) is 3.65. The number of benzene rings is 1. The van der Waals surface area contributed by atoms with Crippen LogP contribution < -0.4 is 11.1 Å². The van der Waals surface area contributed by atoms with Gasteiger partial charge >= 0.3 is 0 Å². The molecule has 0 radical (unpaired) electrons. The zero-order valence-electron chi connectivity index (χ0n) is 12.0. The Hall–Kier alpha value is -1.77. The predicted octanol–water partition coefficient (Wildman–Crippen LogP) is 2.63. The molecule has 1 saturated carbocycles. The van der Waals surface area contributed by atoms with E-state index in [9.17, 15) is 4.79 Å². The van der Waals surface area contributed by atoms with E-state index in [0.29, 0.717) is 35.4 Å². The van der Waals surface area contributed by atoms with Crippen LogP contribution in [0.4, 0.5) is 11.4 Å². The molecule has 1 unspecified atom stereocenters. The van der Waals surface area contributed by atoms with Gasteiger partial charge in [-0.1, -0.05) is 11.6 Å². The average Bonchev–Trinajstić information content (AvgIpc) is 3.26. The number of nitrogen functional groups attached to an aromatic ring is 1. The van der Waals surface area contributed by atoms with Crippen molar-refractivity contribution in [3.63, 3.8) is 0 Å². The number of carbonyl (C=O) groups is 1. The molecule has 1 amide bonds. The SMILES string of the molecule is CC(C(=O)Nc1ccc(Cl)cc1N)N(CCC#N)C1CC1. The van der Waals surface area contributed by atoms with Crippen LogP contribution in [0.25, 0.3) is 0 Å². The maximum absolute atomic E-state index is 12.4. The molecule has 21 heavy (non-hydrogen) atoms. The number of hydrogen-bond donors (Lipinski definition) is 2. The van der Waals surface area contributed by atoms with Crippen molar-refractivity contribution in [3.05, 3.63) is 23.2 Å². The molecule has 1 aliphatic rings. The van der Waals surface area contributed by atoms with Gasteiger partial charge in [0.05, 0.1) is 23.5 Å². The Bertz CT molecular complexity index is 565. The molecule has 112 valence electrons. The van der Waals surface area contributed by atoms with Crippen LogP contribution in [0.1, 0.15) is 26.2 Å². The van der Waals surface area contributed by atoms with Crippen LogP contribution in [0.5, 0.6) is 0 Å². The van der Waals surface area contributed by atoms with E-state index in [2.05, 4.69) is 16.3 Å². The second-order valence-electron chi connectivity index (χ2n) is 5.27. The lowest BCUT2D eigenvalue weighted by Gasteiger charge is -2.27. The van der Waals surface area contributed by atoms with Gasteiger partial charge in [0.25, 0.3) is 0 Å². The summed E-state index contributed by atoms with van der Waals surface area (Å²) in [6.45, 7) is 2.48. The largest absolute Gasteiger partial charge is 0.397 e. The second kappa shape index (κ2) is 6.79. The number of anilines is 2. The number of halogens is 1. The number of carbonyl (C=O) groups excluding carboxylic acids is 1. The number of nitriles is 1. The lowest BCUT2D eigenvalue weighted by molar-refractivity contribution is -0.121. The van der Waals surface area contributed by atoms with Gasteiger partial charge in [-0.15, -0.1) is 0 Å². The van der Waals surface area contributed by atoms with E-state index in [-0.39, 0.29) is 11.9 Å². The standard InChI is InChI=1S/C15H19ClN4O/c1-10(20(8-2-7-17)12-4-5-12)15(21)19-14-6-3-11(16)9-13(14)18/h3,6,9-10,12H,2,4-5,8,18H2,1H3,(H,19,21). The van der Waals surface area contributed by atoms with Gasteiger partial charge in [-0.25, -0.2) is 0 Å². The summed E-state index contributed by atoms with van der Waals surface area (Å²) < 4.78 is 0. The highest BCUT2D eigenvalue weighted by Gasteiger charge is 2.34. The zero-order valence-corrected chi connectivity index (χ0v) is 12.7. The molecular formula is C15H19ClN4O. The van der Waals surface area contributed by atoms with E-state index >= 15 is 0 Å². The first-order chi connectivity index (χ1) is 10.0. The summed E-state index contributed by atoms with van der Waals surface area (Å²) >= 11 is 5.84. The number of nitrogens with one attached hydrogen (secondary N) is 1. The molecule has 0 saturated heterocycles. The molecule has 2 rings (SSSR count). The average molecular weight is 307 g/mol. The van der Waals surface area contributed by atoms with Gasteiger partial charge < -0.3 is 11.1 Å². The Labute approximate surface area is 129 Å². The molecule has 5 nitrogen and oxygen atoms in total. The van der Waals surface area contributed by atoms with Gasteiger partial charge in [-0.05, 0) is 38.0 Å². The summed E-state index contributed by atoms with van der Waals surface area (Å²) in [4.78, 5) is 14.5. The monoisotopic (exact) mass is 306 g/mol. The minimum atomic E-state index is -0.291. The Morgan fingerprint density at radius 3 is 2.90 bits per heavy atom. The van der Waals surface area contributed by atoms with Gasteiger partial charge in [-0.3, -0.25) is 9.69 Å². The molecule has 1 aromatic carbocycles. The van der Waals surface area contributed by atoms with Crippen molar-refractivity contribution in [2.75, 3.05) is 17.6 Å². The molecule has 6 heteroatoms. The predicted molar refractivity (Wildman–Crippen MR) is 83.9 cm³/mol. The molecule has 0 aromatic heterocycles. The number of amides is 1. The highest BCUT2D eigenvalue weighted by molar-refractivity contribution is 6.31. The Morgan fingerprint density at radius 2 is 2.33 bits per heavy atom. The first-order valence-corrected chi connectivity index (χ1v) is 7.39. The smallest absolute Gasteiger partial charge is 0.241 e. The van der Waals surface area contributed by atoms with Gasteiger partial charge in [0.15, 0.2) is 0 Å². The minimum absolute atomic E-state index is 0.117. The highest BCUT2D eigenvalue weighted by Crippen LogP contribution is 2.29. The fourth-order valence-electron chi connectivity index (χ4n) is 2.31. The van der Waals surface area contributed by atoms with E-state index in [1.54, 1.807) is 18.2 Å². The molecule has 3 N–H and O–H groups in total. The molecule has 0 heterocycles. The van der Waals surface area contributed by atoms with Crippen LogP contribution >= 0.6 is 11.6 Å². The van der Waals surface area contributed by atoms with E-state index in [4.69, 9.17) is 22.6 Å². The zero-order chi connectivity index (χ0) is 15.4. The van der Waals surface area contributed by atoms with Crippen molar-refractivity contribution in [2.24, 2.45) is 0 Å². The van der Waals surface area contributed by atoms with E-state index in [1.165, 1.54) is 0 Å². The van der Waals surface area contributed by atoms with Gasteiger partial charge in [0.1, 0.15) is 0 Å². The molecule has 1 aromatic rings. The van der Waals surface area contributed by atoms with Gasteiger partial charge in [0, 0.05) is 24.0 Å². The number of rotatable bonds is 6. The van der Waals surface area contributed by atoms with Crippen LogP contribution in [0, 0.1) is 11.3 Å². The van der Waals surface area contributed by atoms with Crippen LogP contribution in [0.15, 0.2) is 18.2 Å². The number of nitrogens with zero attached hydrogens (tertiary/aromatic N) is 2. The van der Waals surface area contributed by atoms with Crippen LogP contribution in [0.3, 0.4) is 0 Å². The van der Waals surface area contributed by atoms with Crippen molar-refractivity contribution in [2.45, 2.75) is 38.3 Å². The van der Waals surface area contributed by atoms with E-state index in [0.717, 1.165) is 12.8 Å². The summed E-state index contributed by atoms with van der Waals surface area (Å²) in [5, 5.41) is 12.1. The van der Waals surface area contributed by atoms with Gasteiger partial charge in [-0.2, -0.15) is 5.26 Å². The summed E-state index contributed by atoms with van der Waals surface area (Å²) in [5.74, 6) is -0.117. The maximum Gasteiger partial charge on any atom is 0.241 e. The quantitative estimate of drug-likeness (QED) is 0.792. The fourth-order valence-corrected chi connectivity index (χ4v) is 2.49. The third kappa shape index (κ3) is 4.10. The second-order valence-corrected chi connectivity index (χ2v) is 5.71. The van der Waals surface area contributed by atoms with Crippen molar-refractivity contribution in [3.8, 4) is 6.07 Å². The topological polar surface area (TPSA) is 82.2 Å². The Kier molecular flexibility index (Phi) is 5.05. The summed E-state index contributed by atoms with van der Waals surface area (Å²) in [5.41, 5.74) is 6.85. The molecule has 1 atom stereocenters.